The van der Waals surface area contributed by atoms with Gasteiger partial charge in [-0.2, -0.15) is 0 Å². The lowest BCUT2D eigenvalue weighted by molar-refractivity contribution is -0.122. The molecule has 0 saturated carbocycles. The van der Waals surface area contributed by atoms with E-state index >= 15 is 0 Å². The maximum Gasteiger partial charge on any atom is 0.265 e. The highest BCUT2D eigenvalue weighted by Crippen LogP contribution is 2.21. The number of hydrogen-bond acceptors (Lipinski definition) is 3. The molecule has 3 aromatic carbocycles. The van der Waals surface area contributed by atoms with Crippen LogP contribution in [-0.2, 0) is 11.2 Å². The monoisotopic (exact) mass is 422 g/mol. The Morgan fingerprint density at radius 1 is 0.933 bits per heavy atom. The lowest BCUT2D eigenvalue weighted by Crippen LogP contribution is -2.30. The minimum absolute atomic E-state index is 0.151. The number of carbonyl (C=O) groups is 2. The fourth-order valence-corrected chi connectivity index (χ4v) is 2.99. The summed E-state index contributed by atoms with van der Waals surface area (Å²) in [6.07, 6.45) is 0.0399. The number of amides is 2. The lowest BCUT2D eigenvalue weighted by Gasteiger charge is -2.15. The summed E-state index contributed by atoms with van der Waals surface area (Å²) in [6.45, 7) is 2.21. The van der Waals surface area contributed by atoms with Crippen molar-refractivity contribution in [3.63, 3.8) is 0 Å². The van der Waals surface area contributed by atoms with Gasteiger partial charge in [0, 0.05) is 12.1 Å². The van der Waals surface area contributed by atoms with Gasteiger partial charge in [0.05, 0.1) is 10.7 Å². The van der Waals surface area contributed by atoms with E-state index in [1.165, 1.54) is 5.56 Å². The predicted molar refractivity (Wildman–Crippen MR) is 119 cm³/mol. The summed E-state index contributed by atoms with van der Waals surface area (Å²) in [4.78, 5) is 24.6. The zero-order valence-electron chi connectivity index (χ0n) is 16.6. The van der Waals surface area contributed by atoms with Gasteiger partial charge in [0.1, 0.15) is 5.75 Å². The first-order chi connectivity index (χ1) is 14.5. The van der Waals surface area contributed by atoms with Crippen molar-refractivity contribution in [2.24, 2.45) is 0 Å². The molecule has 0 heterocycles. The predicted octanol–water partition coefficient (Wildman–Crippen LogP) is 4.72. The van der Waals surface area contributed by atoms with Gasteiger partial charge >= 0.3 is 0 Å². The van der Waals surface area contributed by atoms with Crippen molar-refractivity contribution in [2.45, 2.75) is 19.4 Å². The van der Waals surface area contributed by atoms with Crippen LogP contribution < -0.4 is 15.4 Å². The van der Waals surface area contributed by atoms with Gasteiger partial charge in [0.2, 0.25) is 0 Å². The van der Waals surface area contributed by atoms with Crippen LogP contribution in [0.4, 0.5) is 5.69 Å². The molecule has 0 bridgehead atoms. The molecule has 0 aliphatic rings. The van der Waals surface area contributed by atoms with Crippen LogP contribution in [0.5, 0.6) is 5.75 Å². The number of rotatable bonds is 8. The van der Waals surface area contributed by atoms with E-state index in [9.17, 15) is 9.59 Å². The number of ether oxygens (including phenoxy) is 1. The van der Waals surface area contributed by atoms with E-state index in [0.29, 0.717) is 28.6 Å². The van der Waals surface area contributed by atoms with E-state index in [4.69, 9.17) is 16.3 Å². The smallest absolute Gasteiger partial charge is 0.265 e. The molecule has 0 radical (unpaired) electrons. The Balaban J connectivity index is 1.49. The van der Waals surface area contributed by atoms with Gasteiger partial charge in [0.15, 0.2) is 6.10 Å². The summed E-state index contributed by atoms with van der Waals surface area (Å²) >= 11 is 6.06. The van der Waals surface area contributed by atoms with Crippen molar-refractivity contribution in [3.05, 3.63) is 95.0 Å². The molecule has 2 amide bonds. The zero-order chi connectivity index (χ0) is 21.3. The molecular formula is C24H23ClN2O3. The Labute approximate surface area is 181 Å². The van der Waals surface area contributed by atoms with Crippen LogP contribution >= 0.6 is 11.6 Å². The summed E-state index contributed by atoms with van der Waals surface area (Å²) < 4.78 is 5.68. The van der Waals surface area contributed by atoms with Crippen LogP contribution in [0.25, 0.3) is 0 Å². The van der Waals surface area contributed by atoms with Crippen LogP contribution in [0, 0.1) is 0 Å². The van der Waals surface area contributed by atoms with Crippen LogP contribution in [0.1, 0.15) is 22.8 Å². The molecule has 5 nitrogen and oxygen atoms in total. The second-order valence-corrected chi connectivity index (χ2v) is 7.15. The fraction of sp³-hybridized carbons (Fsp3) is 0.167. The van der Waals surface area contributed by atoms with Crippen molar-refractivity contribution in [1.29, 1.82) is 0 Å². The number of nitrogens with one attached hydrogen (secondary N) is 2. The number of halogens is 1. The Kier molecular flexibility index (Phi) is 7.46. The molecule has 6 heteroatoms. The molecule has 2 N–H and O–H groups in total. The van der Waals surface area contributed by atoms with E-state index < -0.39 is 6.10 Å². The first kappa shape index (κ1) is 21.4. The highest BCUT2D eigenvalue weighted by atomic mass is 35.5. The fourth-order valence-electron chi connectivity index (χ4n) is 2.81. The van der Waals surface area contributed by atoms with Crippen LogP contribution in [0.15, 0.2) is 78.9 Å². The topological polar surface area (TPSA) is 67.4 Å². The molecule has 0 unspecified atom stereocenters. The average molecular weight is 423 g/mol. The molecule has 0 aliphatic heterocycles. The third kappa shape index (κ3) is 6.09. The number of carbonyl (C=O) groups excluding carboxylic acids is 2. The van der Waals surface area contributed by atoms with Gasteiger partial charge in [-0.05, 0) is 55.3 Å². The van der Waals surface area contributed by atoms with E-state index in [-0.39, 0.29) is 11.8 Å². The maximum atomic E-state index is 12.3. The van der Waals surface area contributed by atoms with Gasteiger partial charge < -0.3 is 15.4 Å². The van der Waals surface area contributed by atoms with Crippen molar-refractivity contribution in [3.8, 4) is 5.75 Å². The highest BCUT2D eigenvalue weighted by molar-refractivity contribution is 6.33. The minimum Gasteiger partial charge on any atom is -0.481 e. The minimum atomic E-state index is -0.730. The SMILES string of the molecule is C[C@@H](Oc1ccc(C(=O)NCCc2ccccc2)cc1)C(=O)Nc1ccccc1Cl. The van der Waals surface area contributed by atoms with Gasteiger partial charge in [-0.1, -0.05) is 54.1 Å². The maximum absolute atomic E-state index is 12.3. The first-order valence-corrected chi connectivity index (χ1v) is 10.0. The van der Waals surface area contributed by atoms with Gasteiger partial charge in [-0.15, -0.1) is 0 Å². The van der Waals surface area contributed by atoms with E-state index in [1.54, 1.807) is 55.5 Å². The Hall–Kier alpha value is -3.31. The summed E-state index contributed by atoms with van der Waals surface area (Å²) in [5, 5.41) is 6.10. The van der Waals surface area contributed by atoms with E-state index in [2.05, 4.69) is 10.6 Å². The number of anilines is 1. The molecule has 0 spiro atoms. The number of para-hydroxylation sites is 1. The largest absolute Gasteiger partial charge is 0.481 e. The summed E-state index contributed by atoms with van der Waals surface area (Å²) in [5.41, 5.74) is 2.23. The number of hydrogen-bond donors (Lipinski definition) is 2. The third-order valence-electron chi connectivity index (χ3n) is 4.47. The second kappa shape index (κ2) is 10.5. The van der Waals surface area contributed by atoms with Crippen molar-refractivity contribution in [1.82, 2.24) is 5.32 Å². The molecule has 0 aliphatic carbocycles. The first-order valence-electron chi connectivity index (χ1n) is 9.67. The van der Waals surface area contributed by atoms with Gasteiger partial charge in [0.25, 0.3) is 11.8 Å². The summed E-state index contributed by atoms with van der Waals surface area (Å²) in [6, 6.07) is 23.7. The molecular weight excluding hydrogens is 400 g/mol. The van der Waals surface area contributed by atoms with Crippen molar-refractivity contribution in [2.75, 3.05) is 11.9 Å². The molecule has 1 atom stereocenters. The molecule has 3 aromatic rings. The number of benzene rings is 3. The molecule has 3 rings (SSSR count). The van der Waals surface area contributed by atoms with Crippen molar-refractivity contribution < 1.29 is 14.3 Å². The molecule has 0 saturated heterocycles. The molecule has 154 valence electrons. The quantitative estimate of drug-likeness (QED) is 0.552. The Morgan fingerprint density at radius 3 is 2.30 bits per heavy atom. The van der Waals surface area contributed by atoms with Gasteiger partial charge in [-0.25, -0.2) is 0 Å². The Bertz CT molecular complexity index is 991. The van der Waals surface area contributed by atoms with Crippen molar-refractivity contribution >= 4 is 29.1 Å². The molecule has 0 aromatic heterocycles. The summed E-state index contributed by atoms with van der Waals surface area (Å²) in [7, 11) is 0. The second-order valence-electron chi connectivity index (χ2n) is 6.75. The zero-order valence-corrected chi connectivity index (χ0v) is 17.4. The van der Waals surface area contributed by atoms with Crippen LogP contribution in [0.3, 0.4) is 0 Å². The van der Waals surface area contributed by atoms with E-state index in [1.807, 2.05) is 30.3 Å². The Morgan fingerprint density at radius 2 is 1.60 bits per heavy atom. The van der Waals surface area contributed by atoms with Crippen LogP contribution in [0.2, 0.25) is 5.02 Å². The normalized spacial score (nSPS) is 11.4. The van der Waals surface area contributed by atoms with E-state index in [0.717, 1.165) is 6.42 Å². The lowest BCUT2D eigenvalue weighted by atomic mass is 10.1. The molecule has 0 fully saturated rings. The van der Waals surface area contributed by atoms with Gasteiger partial charge in [-0.3, -0.25) is 9.59 Å². The summed E-state index contributed by atoms with van der Waals surface area (Å²) in [5.74, 6) is 0.0328. The standard InChI is InChI=1S/C24H23ClN2O3/c1-17(23(28)27-22-10-6-5-9-21(22)25)30-20-13-11-19(12-14-20)24(29)26-16-15-18-7-3-2-4-8-18/h2-14,17H,15-16H2,1H3,(H,26,29)(H,27,28)/t17-/m1/s1. The van der Waals surface area contributed by atoms with Crippen LogP contribution in [-0.4, -0.2) is 24.5 Å². The molecule has 30 heavy (non-hydrogen) atoms. The average Bonchev–Trinajstić information content (AvgIpc) is 2.76. The third-order valence-corrected chi connectivity index (χ3v) is 4.80. The highest BCUT2D eigenvalue weighted by Gasteiger charge is 2.16.